The maximum atomic E-state index is 10.5. The van der Waals surface area contributed by atoms with Gasteiger partial charge < -0.3 is 10.8 Å². The summed E-state index contributed by atoms with van der Waals surface area (Å²) in [5.41, 5.74) is 5.09. The minimum atomic E-state index is -0.770. The molecule has 1 aliphatic carbocycles. The van der Waals surface area contributed by atoms with E-state index in [9.17, 15) is 5.11 Å². The van der Waals surface area contributed by atoms with Gasteiger partial charge in [0, 0.05) is 17.6 Å². The molecule has 1 heterocycles. The van der Waals surface area contributed by atoms with Crippen LogP contribution in [0.4, 0.5) is 0 Å². The fraction of sp³-hybridized carbons (Fsp3) is 0.727. The zero-order valence-electron chi connectivity index (χ0n) is 9.02. The molecule has 4 heteroatoms. The summed E-state index contributed by atoms with van der Waals surface area (Å²) in [6.45, 7) is 1.88. The van der Waals surface area contributed by atoms with Crippen LogP contribution in [0.5, 0.6) is 0 Å². The second-order valence-corrected chi connectivity index (χ2v) is 5.49. The largest absolute Gasteiger partial charge is 0.383 e. The van der Waals surface area contributed by atoms with Crippen molar-refractivity contribution >= 4 is 11.3 Å². The molecule has 0 bridgehead atoms. The molecule has 0 radical (unpaired) electrons. The zero-order valence-corrected chi connectivity index (χ0v) is 9.83. The summed E-state index contributed by atoms with van der Waals surface area (Å²) in [5.74, 6) is 0.309. The van der Waals surface area contributed by atoms with Gasteiger partial charge in [-0.25, -0.2) is 4.98 Å². The molecular weight excluding hydrogens is 208 g/mol. The molecule has 1 aromatic heterocycles. The van der Waals surface area contributed by atoms with Crippen LogP contribution < -0.4 is 5.73 Å². The fourth-order valence-corrected chi connectivity index (χ4v) is 3.11. The average Bonchev–Trinajstić information content (AvgIpc) is 2.71. The first-order chi connectivity index (χ1) is 7.10. The van der Waals surface area contributed by atoms with Gasteiger partial charge in [-0.15, -0.1) is 11.3 Å². The normalized spacial score (nSPS) is 31.1. The number of aliphatic hydroxyl groups is 1. The molecule has 0 aliphatic heterocycles. The molecule has 1 atom stereocenters. The lowest BCUT2D eigenvalue weighted by molar-refractivity contribution is -0.0234. The summed E-state index contributed by atoms with van der Waals surface area (Å²) in [6, 6.07) is 0.327. The maximum absolute atomic E-state index is 10.5. The van der Waals surface area contributed by atoms with Crippen molar-refractivity contribution in [2.75, 3.05) is 0 Å². The van der Waals surface area contributed by atoms with E-state index in [4.69, 9.17) is 5.73 Å². The van der Waals surface area contributed by atoms with Gasteiger partial charge in [0.15, 0.2) is 0 Å². The minimum absolute atomic E-state index is 0.309. The van der Waals surface area contributed by atoms with E-state index < -0.39 is 5.60 Å². The van der Waals surface area contributed by atoms with E-state index in [0.717, 1.165) is 30.7 Å². The summed E-state index contributed by atoms with van der Waals surface area (Å²) in [6.07, 6.45) is 5.81. The monoisotopic (exact) mass is 226 g/mol. The first kappa shape index (κ1) is 11.0. The Bertz CT molecular complexity index is 302. The van der Waals surface area contributed by atoms with E-state index in [1.165, 1.54) is 11.3 Å². The highest BCUT2D eigenvalue weighted by Gasteiger charge is 2.37. The van der Waals surface area contributed by atoms with Crippen molar-refractivity contribution < 1.29 is 5.11 Å². The molecule has 1 unspecified atom stereocenters. The minimum Gasteiger partial charge on any atom is -0.383 e. The second kappa shape index (κ2) is 4.20. The Morgan fingerprint density at radius 2 is 2.13 bits per heavy atom. The summed E-state index contributed by atoms with van der Waals surface area (Å²) < 4.78 is 0. The molecule has 1 aromatic rings. The van der Waals surface area contributed by atoms with Crippen LogP contribution in [-0.4, -0.2) is 16.1 Å². The van der Waals surface area contributed by atoms with Gasteiger partial charge in [0.2, 0.25) is 0 Å². The fourth-order valence-electron chi connectivity index (χ4n) is 2.33. The van der Waals surface area contributed by atoms with Crippen LogP contribution in [0.1, 0.15) is 37.6 Å². The summed E-state index contributed by atoms with van der Waals surface area (Å²) in [5, 5.41) is 13.2. The number of hydrogen-bond acceptors (Lipinski definition) is 4. The lowest BCUT2D eigenvalue weighted by Crippen LogP contribution is -2.37. The molecule has 1 aliphatic rings. The molecule has 84 valence electrons. The van der Waals surface area contributed by atoms with Gasteiger partial charge in [-0.1, -0.05) is 0 Å². The average molecular weight is 226 g/mol. The maximum Gasteiger partial charge on any atom is 0.124 e. The molecule has 1 saturated carbocycles. The van der Waals surface area contributed by atoms with Crippen molar-refractivity contribution in [1.29, 1.82) is 0 Å². The van der Waals surface area contributed by atoms with Crippen molar-refractivity contribution in [2.24, 2.45) is 11.7 Å². The van der Waals surface area contributed by atoms with Gasteiger partial charge in [-0.05, 0) is 38.5 Å². The smallest absolute Gasteiger partial charge is 0.124 e. The van der Waals surface area contributed by atoms with E-state index in [1.54, 1.807) is 6.20 Å². The molecule has 2 rings (SSSR count). The van der Waals surface area contributed by atoms with Crippen LogP contribution in [0.3, 0.4) is 0 Å². The van der Waals surface area contributed by atoms with E-state index in [2.05, 4.69) is 4.98 Å². The molecule has 0 aromatic carbocycles. The van der Waals surface area contributed by atoms with Crippen LogP contribution in [0.2, 0.25) is 0 Å². The van der Waals surface area contributed by atoms with Crippen molar-refractivity contribution in [3.8, 4) is 0 Å². The summed E-state index contributed by atoms with van der Waals surface area (Å²) in [7, 11) is 0. The highest BCUT2D eigenvalue weighted by Crippen LogP contribution is 2.39. The molecule has 3 N–H and O–H groups in total. The van der Waals surface area contributed by atoms with Crippen molar-refractivity contribution in [1.82, 2.24) is 4.98 Å². The van der Waals surface area contributed by atoms with Crippen molar-refractivity contribution in [3.05, 3.63) is 16.6 Å². The van der Waals surface area contributed by atoms with Gasteiger partial charge in [0.25, 0.3) is 0 Å². The number of aromatic nitrogens is 1. The third kappa shape index (κ3) is 2.22. The van der Waals surface area contributed by atoms with E-state index in [1.807, 2.05) is 12.3 Å². The summed E-state index contributed by atoms with van der Waals surface area (Å²) >= 11 is 1.53. The van der Waals surface area contributed by atoms with Crippen LogP contribution in [0.25, 0.3) is 0 Å². The Kier molecular flexibility index (Phi) is 3.09. The second-order valence-electron chi connectivity index (χ2n) is 4.60. The Morgan fingerprint density at radius 1 is 1.47 bits per heavy atom. The van der Waals surface area contributed by atoms with E-state index >= 15 is 0 Å². The lowest BCUT2D eigenvalue weighted by Gasteiger charge is -2.35. The first-order valence-corrected chi connectivity index (χ1v) is 6.36. The number of hydrogen-bond donors (Lipinski definition) is 2. The Morgan fingerprint density at radius 3 is 2.67 bits per heavy atom. The zero-order chi connectivity index (χ0) is 10.9. The molecule has 3 nitrogen and oxygen atoms in total. The van der Waals surface area contributed by atoms with E-state index in [0.29, 0.717) is 12.0 Å². The van der Waals surface area contributed by atoms with E-state index in [-0.39, 0.29) is 0 Å². The lowest BCUT2D eigenvalue weighted by atomic mass is 9.77. The molecule has 0 spiro atoms. The predicted molar refractivity (Wildman–Crippen MR) is 61.6 cm³/mol. The standard InChI is InChI=1S/C11H18N2OS/c1-11(14,10-13-6-7-15-10)8-2-4-9(12)5-3-8/h6-9,14H,2-5,12H2,1H3. The van der Waals surface area contributed by atoms with Gasteiger partial charge in [-0.2, -0.15) is 0 Å². The Hall–Kier alpha value is -0.450. The number of rotatable bonds is 2. The van der Waals surface area contributed by atoms with Crippen LogP contribution in [0.15, 0.2) is 11.6 Å². The first-order valence-electron chi connectivity index (χ1n) is 5.48. The van der Waals surface area contributed by atoms with Crippen LogP contribution in [0, 0.1) is 5.92 Å². The molecule has 0 saturated heterocycles. The number of nitrogens with two attached hydrogens (primary N) is 1. The SMILES string of the molecule is CC(O)(c1nccs1)C1CCC(N)CC1. The van der Waals surface area contributed by atoms with Gasteiger partial charge >= 0.3 is 0 Å². The van der Waals surface area contributed by atoms with Crippen molar-refractivity contribution in [2.45, 2.75) is 44.2 Å². The van der Waals surface area contributed by atoms with Crippen LogP contribution >= 0.6 is 11.3 Å². The predicted octanol–water partition coefficient (Wildman–Crippen LogP) is 1.87. The Balaban J connectivity index is 2.09. The van der Waals surface area contributed by atoms with Gasteiger partial charge in [0.1, 0.15) is 10.6 Å². The molecule has 0 amide bonds. The quantitative estimate of drug-likeness (QED) is 0.809. The third-order valence-corrected chi connectivity index (χ3v) is 4.43. The van der Waals surface area contributed by atoms with Crippen LogP contribution in [-0.2, 0) is 5.60 Å². The topological polar surface area (TPSA) is 59.1 Å². The molecule has 15 heavy (non-hydrogen) atoms. The molecule has 1 fully saturated rings. The highest BCUT2D eigenvalue weighted by atomic mass is 32.1. The van der Waals surface area contributed by atoms with Gasteiger partial charge in [0.05, 0.1) is 0 Å². The molecular formula is C11H18N2OS. The Labute approximate surface area is 94.3 Å². The third-order valence-electron chi connectivity index (χ3n) is 3.43. The number of nitrogens with zero attached hydrogens (tertiary/aromatic N) is 1. The van der Waals surface area contributed by atoms with Gasteiger partial charge in [-0.3, -0.25) is 0 Å². The summed E-state index contributed by atoms with van der Waals surface area (Å²) in [4.78, 5) is 4.22. The van der Waals surface area contributed by atoms with Crippen molar-refractivity contribution in [3.63, 3.8) is 0 Å². The number of thiazole rings is 1. The highest BCUT2D eigenvalue weighted by molar-refractivity contribution is 7.09.